The molecule has 0 saturated carbocycles. The van der Waals surface area contributed by atoms with E-state index in [2.05, 4.69) is 40.8 Å². The third kappa shape index (κ3) is 4.88. The molecule has 2 aliphatic carbocycles. The number of fused-ring (bicyclic) bond motifs is 4. The number of ether oxygens (including phenoxy) is 2. The first kappa shape index (κ1) is 26.5. The Morgan fingerprint density at radius 3 is 2.45 bits per heavy atom. The Hall–Kier alpha value is -3.07. The summed E-state index contributed by atoms with van der Waals surface area (Å²) >= 11 is 3.60. The molecule has 0 atom stereocenters. The number of allylic oxidation sites excluding steroid dienone is 1. The number of hydrogen-bond donors (Lipinski definition) is 1. The molecule has 1 saturated heterocycles. The van der Waals surface area contributed by atoms with Crippen molar-refractivity contribution < 1.29 is 23.9 Å². The van der Waals surface area contributed by atoms with Gasteiger partial charge in [-0.2, -0.15) is 0 Å². The number of aromatic amines is 1. The number of nitrogens with one attached hydrogen (secondary N) is 1. The topological polar surface area (TPSA) is 91.9 Å². The SMILES string of the molecule is CC(C)(C)OC(=O)N1CCN(C(=O)COc2ccc3c(c2)C(C)(C)c2[nH]c4c(c2C3=O)CCC(Br)=C4)CC1. The van der Waals surface area contributed by atoms with E-state index < -0.39 is 11.0 Å². The monoisotopic (exact) mass is 583 g/mol. The lowest BCUT2D eigenvalue weighted by Gasteiger charge is -2.35. The molecule has 5 rings (SSSR count). The summed E-state index contributed by atoms with van der Waals surface area (Å²) < 4.78 is 12.5. The molecule has 1 aromatic carbocycles. The fourth-order valence-corrected chi connectivity index (χ4v) is 5.86. The molecule has 3 aliphatic rings. The van der Waals surface area contributed by atoms with E-state index in [0.29, 0.717) is 37.5 Å². The Kier molecular flexibility index (Phi) is 6.70. The second-order valence-electron chi connectivity index (χ2n) is 11.7. The van der Waals surface area contributed by atoms with Gasteiger partial charge < -0.3 is 24.3 Å². The highest BCUT2D eigenvalue weighted by Crippen LogP contribution is 2.45. The highest BCUT2D eigenvalue weighted by Gasteiger charge is 2.41. The Balaban J connectivity index is 1.26. The Morgan fingerprint density at radius 2 is 1.76 bits per heavy atom. The lowest BCUT2D eigenvalue weighted by atomic mass is 9.70. The van der Waals surface area contributed by atoms with Gasteiger partial charge in [-0.3, -0.25) is 9.59 Å². The first-order chi connectivity index (χ1) is 17.8. The zero-order valence-electron chi connectivity index (χ0n) is 22.6. The quantitative estimate of drug-likeness (QED) is 0.547. The third-order valence-corrected chi connectivity index (χ3v) is 8.08. The van der Waals surface area contributed by atoms with Crippen LogP contribution in [0.15, 0.2) is 22.7 Å². The number of piperazine rings is 1. The number of H-pyrrole nitrogens is 1. The van der Waals surface area contributed by atoms with Crippen LogP contribution in [-0.4, -0.2) is 71.0 Å². The van der Waals surface area contributed by atoms with Crippen LogP contribution in [0.2, 0.25) is 0 Å². The summed E-state index contributed by atoms with van der Waals surface area (Å²) in [6.07, 6.45) is 3.42. The van der Waals surface area contributed by atoms with E-state index >= 15 is 0 Å². The number of hydrogen-bond acceptors (Lipinski definition) is 5. The van der Waals surface area contributed by atoms with Gasteiger partial charge in [0.2, 0.25) is 0 Å². The maximum Gasteiger partial charge on any atom is 0.410 e. The number of aromatic nitrogens is 1. The number of nitrogens with zero attached hydrogens (tertiary/aromatic N) is 2. The number of benzene rings is 1. The van der Waals surface area contributed by atoms with Gasteiger partial charge in [0.15, 0.2) is 12.4 Å². The molecule has 1 N–H and O–H groups in total. The van der Waals surface area contributed by atoms with E-state index in [1.165, 1.54) is 0 Å². The van der Waals surface area contributed by atoms with Gasteiger partial charge in [-0.15, -0.1) is 0 Å². The van der Waals surface area contributed by atoms with Crippen LogP contribution in [0.3, 0.4) is 0 Å². The number of carbonyl (C=O) groups excluding carboxylic acids is 3. The maximum atomic E-state index is 13.6. The van der Waals surface area contributed by atoms with Gasteiger partial charge in [0.25, 0.3) is 5.91 Å². The van der Waals surface area contributed by atoms with Crippen LogP contribution in [0.5, 0.6) is 5.75 Å². The van der Waals surface area contributed by atoms with Gasteiger partial charge in [-0.1, -0.05) is 29.8 Å². The van der Waals surface area contributed by atoms with Gasteiger partial charge >= 0.3 is 6.09 Å². The molecule has 2 heterocycles. The molecule has 2 aromatic rings. The van der Waals surface area contributed by atoms with E-state index in [0.717, 1.165) is 45.4 Å². The van der Waals surface area contributed by atoms with Crippen molar-refractivity contribution in [3.8, 4) is 5.75 Å². The van der Waals surface area contributed by atoms with Crippen molar-refractivity contribution in [2.75, 3.05) is 32.8 Å². The highest BCUT2D eigenvalue weighted by molar-refractivity contribution is 9.11. The van der Waals surface area contributed by atoms with Crippen molar-refractivity contribution in [1.82, 2.24) is 14.8 Å². The maximum absolute atomic E-state index is 13.6. The van der Waals surface area contributed by atoms with Crippen molar-refractivity contribution in [2.45, 2.75) is 58.5 Å². The van der Waals surface area contributed by atoms with Gasteiger partial charge in [0.05, 0.1) is 0 Å². The summed E-state index contributed by atoms with van der Waals surface area (Å²) in [5.74, 6) is 0.440. The highest BCUT2D eigenvalue weighted by atomic mass is 79.9. The van der Waals surface area contributed by atoms with Gasteiger partial charge in [-0.25, -0.2) is 4.79 Å². The molecule has 0 unspecified atom stereocenters. The van der Waals surface area contributed by atoms with Crippen LogP contribution < -0.4 is 4.74 Å². The summed E-state index contributed by atoms with van der Waals surface area (Å²) in [5.41, 5.74) is 4.38. The number of rotatable bonds is 3. The summed E-state index contributed by atoms with van der Waals surface area (Å²) in [7, 11) is 0. The summed E-state index contributed by atoms with van der Waals surface area (Å²) in [5, 5.41) is 0. The van der Waals surface area contributed by atoms with E-state index in [9.17, 15) is 14.4 Å². The minimum atomic E-state index is -0.554. The molecular weight excluding hydrogens is 550 g/mol. The van der Waals surface area contributed by atoms with E-state index in [-0.39, 0.29) is 24.4 Å². The van der Waals surface area contributed by atoms with E-state index in [1.54, 1.807) is 15.9 Å². The Bertz CT molecular complexity index is 1340. The number of halogens is 1. The molecule has 0 bridgehead atoms. The molecule has 0 radical (unpaired) electrons. The molecule has 0 spiro atoms. The first-order valence-corrected chi connectivity index (χ1v) is 13.8. The minimum absolute atomic E-state index is 0.0312. The van der Waals surface area contributed by atoms with Crippen molar-refractivity contribution in [3.05, 3.63) is 56.3 Å². The van der Waals surface area contributed by atoms with Crippen molar-refractivity contribution in [2.24, 2.45) is 0 Å². The van der Waals surface area contributed by atoms with Gasteiger partial charge in [0, 0.05) is 54.1 Å². The Morgan fingerprint density at radius 1 is 1.08 bits per heavy atom. The molecule has 9 heteroatoms. The van der Waals surface area contributed by atoms with E-state index in [4.69, 9.17) is 9.47 Å². The molecule has 2 amide bonds. The fourth-order valence-electron chi connectivity index (χ4n) is 5.43. The molecule has 38 heavy (non-hydrogen) atoms. The summed E-state index contributed by atoms with van der Waals surface area (Å²) in [6.45, 7) is 11.3. The van der Waals surface area contributed by atoms with Crippen molar-refractivity contribution in [3.63, 3.8) is 0 Å². The molecule has 1 fully saturated rings. The van der Waals surface area contributed by atoms with Crippen LogP contribution in [0.4, 0.5) is 4.79 Å². The normalized spacial score (nSPS) is 18.3. The van der Waals surface area contributed by atoms with Gasteiger partial charge in [-0.05, 0) is 73.5 Å². The van der Waals surface area contributed by atoms with Crippen LogP contribution in [0.1, 0.15) is 79.5 Å². The predicted octanol–water partition coefficient (Wildman–Crippen LogP) is 5.03. The average Bonchev–Trinajstić information content (AvgIpc) is 3.25. The largest absolute Gasteiger partial charge is 0.484 e. The molecular formula is C29H34BrN3O5. The third-order valence-electron chi connectivity index (χ3n) is 7.46. The lowest BCUT2D eigenvalue weighted by Crippen LogP contribution is -2.52. The number of ketones is 1. The summed E-state index contributed by atoms with van der Waals surface area (Å²) in [4.78, 5) is 45.5. The molecule has 202 valence electrons. The van der Waals surface area contributed by atoms with Crippen LogP contribution >= 0.6 is 15.9 Å². The van der Waals surface area contributed by atoms with Crippen molar-refractivity contribution >= 4 is 39.8 Å². The smallest absolute Gasteiger partial charge is 0.410 e. The fraction of sp³-hybridized carbons (Fsp3) is 0.483. The lowest BCUT2D eigenvalue weighted by molar-refractivity contribution is -0.135. The number of carbonyl (C=O) groups is 3. The standard InChI is InChI=1S/C29H34BrN3O5/c1-28(2,3)38-27(36)33-12-10-32(11-13-33)23(34)16-37-18-7-9-19-21(15-18)29(4,5)26-24(25(19)35)20-8-6-17(30)14-22(20)31-26/h7,9,14-15,31H,6,8,10-13,16H2,1-5H3. The van der Waals surface area contributed by atoms with Crippen LogP contribution in [-0.2, 0) is 21.4 Å². The second-order valence-corrected chi connectivity index (χ2v) is 12.7. The zero-order chi connectivity index (χ0) is 27.4. The van der Waals surface area contributed by atoms with Gasteiger partial charge in [0.1, 0.15) is 11.4 Å². The minimum Gasteiger partial charge on any atom is -0.484 e. The molecule has 1 aromatic heterocycles. The Labute approximate surface area is 231 Å². The predicted molar refractivity (Wildman–Crippen MR) is 148 cm³/mol. The molecule has 1 aliphatic heterocycles. The second kappa shape index (κ2) is 9.59. The first-order valence-electron chi connectivity index (χ1n) is 13.0. The van der Waals surface area contributed by atoms with Crippen molar-refractivity contribution in [1.29, 1.82) is 0 Å². The average molecular weight is 585 g/mol. The number of amides is 2. The van der Waals surface area contributed by atoms with Crippen LogP contribution in [0.25, 0.3) is 6.08 Å². The van der Waals surface area contributed by atoms with E-state index in [1.807, 2.05) is 32.9 Å². The van der Waals surface area contributed by atoms with Crippen LogP contribution in [0, 0.1) is 0 Å². The zero-order valence-corrected chi connectivity index (χ0v) is 24.2. The summed E-state index contributed by atoms with van der Waals surface area (Å²) in [6, 6.07) is 5.46. The molecule has 8 nitrogen and oxygen atoms in total.